The lowest BCUT2D eigenvalue weighted by Crippen LogP contribution is -2.16. The number of hydrogen-bond donors (Lipinski definition) is 2. The first-order chi connectivity index (χ1) is 7.72. The maximum atomic E-state index is 5.48. The number of anilines is 1. The number of nitrogens with one attached hydrogen (secondary N) is 1. The molecule has 1 aliphatic rings. The van der Waals surface area contributed by atoms with Crippen LogP contribution in [0.25, 0.3) is 0 Å². The van der Waals surface area contributed by atoms with E-state index in [2.05, 4.69) is 15.4 Å². The molecule has 1 aliphatic carbocycles. The van der Waals surface area contributed by atoms with Gasteiger partial charge in [-0.05, 0) is 26.7 Å². The fourth-order valence-corrected chi connectivity index (χ4v) is 2.33. The molecule has 0 amide bonds. The quantitative estimate of drug-likeness (QED) is 0.593. The van der Waals surface area contributed by atoms with Gasteiger partial charge < -0.3 is 5.43 Å². The van der Waals surface area contributed by atoms with Crippen molar-refractivity contribution in [2.45, 2.75) is 51.9 Å². The van der Waals surface area contributed by atoms with Crippen LogP contribution in [-0.2, 0) is 0 Å². The van der Waals surface area contributed by atoms with E-state index in [4.69, 9.17) is 5.84 Å². The molecule has 1 aromatic heterocycles. The molecule has 88 valence electrons. The van der Waals surface area contributed by atoms with Gasteiger partial charge in [0.15, 0.2) is 0 Å². The van der Waals surface area contributed by atoms with E-state index in [1.54, 1.807) is 0 Å². The molecule has 1 heterocycles. The zero-order valence-corrected chi connectivity index (χ0v) is 10.1. The minimum absolute atomic E-state index is 0.528. The highest BCUT2D eigenvalue weighted by atomic mass is 15.3. The Morgan fingerprint density at radius 2 is 1.81 bits per heavy atom. The first kappa shape index (κ1) is 11.3. The van der Waals surface area contributed by atoms with Crippen molar-refractivity contribution in [1.82, 2.24) is 9.97 Å². The fraction of sp³-hybridized carbons (Fsp3) is 0.667. The van der Waals surface area contributed by atoms with E-state index < -0.39 is 0 Å². The Kier molecular flexibility index (Phi) is 3.39. The predicted octanol–water partition coefficient (Wildman–Crippen LogP) is 2.43. The van der Waals surface area contributed by atoms with E-state index in [9.17, 15) is 0 Å². The maximum absolute atomic E-state index is 5.48. The van der Waals surface area contributed by atoms with Gasteiger partial charge in [-0.2, -0.15) is 0 Å². The number of hydrogen-bond acceptors (Lipinski definition) is 4. The van der Waals surface area contributed by atoms with Crippen LogP contribution in [-0.4, -0.2) is 9.97 Å². The van der Waals surface area contributed by atoms with Crippen molar-refractivity contribution < 1.29 is 0 Å². The molecular weight excluding hydrogens is 200 g/mol. The summed E-state index contributed by atoms with van der Waals surface area (Å²) in [5.41, 5.74) is 4.74. The molecule has 0 atom stereocenters. The van der Waals surface area contributed by atoms with E-state index in [-0.39, 0.29) is 0 Å². The number of aromatic nitrogens is 2. The minimum Gasteiger partial charge on any atom is -0.308 e. The average molecular weight is 220 g/mol. The highest BCUT2D eigenvalue weighted by Crippen LogP contribution is 2.31. The number of nitrogens with two attached hydrogens (primary N) is 1. The van der Waals surface area contributed by atoms with E-state index in [1.807, 2.05) is 13.8 Å². The van der Waals surface area contributed by atoms with Crippen LogP contribution in [0.5, 0.6) is 0 Å². The van der Waals surface area contributed by atoms with Gasteiger partial charge in [0.1, 0.15) is 11.6 Å². The summed E-state index contributed by atoms with van der Waals surface area (Å²) in [5, 5.41) is 0. The van der Waals surface area contributed by atoms with Crippen molar-refractivity contribution in [3.05, 3.63) is 17.1 Å². The molecule has 0 radical (unpaired) electrons. The molecule has 0 aliphatic heterocycles. The summed E-state index contributed by atoms with van der Waals surface area (Å²) < 4.78 is 0. The van der Waals surface area contributed by atoms with Crippen LogP contribution in [0.4, 0.5) is 5.82 Å². The third-order valence-electron chi connectivity index (χ3n) is 3.51. The Labute approximate surface area is 96.6 Å². The number of hydrazine groups is 1. The monoisotopic (exact) mass is 220 g/mol. The molecule has 1 fully saturated rings. The molecule has 4 heteroatoms. The molecular formula is C12H20N4. The van der Waals surface area contributed by atoms with Gasteiger partial charge in [0.2, 0.25) is 0 Å². The second-order valence-corrected chi connectivity index (χ2v) is 4.62. The van der Waals surface area contributed by atoms with Gasteiger partial charge in [0.25, 0.3) is 0 Å². The van der Waals surface area contributed by atoms with Crippen molar-refractivity contribution >= 4 is 5.82 Å². The second-order valence-electron chi connectivity index (χ2n) is 4.62. The Morgan fingerprint density at radius 1 is 1.12 bits per heavy atom. The zero-order chi connectivity index (χ0) is 11.5. The van der Waals surface area contributed by atoms with Gasteiger partial charge in [0.05, 0.1) is 0 Å². The maximum Gasteiger partial charge on any atom is 0.146 e. The highest BCUT2D eigenvalue weighted by Gasteiger charge is 2.19. The van der Waals surface area contributed by atoms with Crippen LogP contribution in [0, 0.1) is 13.8 Å². The normalized spacial score (nSPS) is 17.4. The Morgan fingerprint density at radius 3 is 2.44 bits per heavy atom. The van der Waals surface area contributed by atoms with Crippen molar-refractivity contribution in [3.8, 4) is 0 Å². The lowest BCUT2D eigenvalue weighted by molar-refractivity contribution is 0.428. The molecule has 0 unspecified atom stereocenters. The molecule has 16 heavy (non-hydrogen) atoms. The summed E-state index contributed by atoms with van der Waals surface area (Å²) in [5.74, 6) is 7.75. The topological polar surface area (TPSA) is 63.8 Å². The summed E-state index contributed by atoms with van der Waals surface area (Å²) in [6.07, 6.45) is 6.38. The lowest BCUT2D eigenvalue weighted by atomic mass is 9.88. The van der Waals surface area contributed by atoms with E-state index in [0.29, 0.717) is 5.92 Å². The third-order valence-corrected chi connectivity index (χ3v) is 3.51. The van der Waals surface area contributed by atoms with Crippen LogP contribution in [0.15, 0.2) is 0 Å². The molecule has 4 nitrogen and oxygen atoms in total. The van der Waals surface area contributed by atoms with Crippen LogP contribution >= 0.6 is 0 Å². The summed E-state index contributed by atoms with van der Waals surface area (Å²) in [4.78, 5) is 9.13. The highest BCUT2D eigenvalue weighted by molar-refractivity contribution is 5.44. The van der Waals surface area contributed by atoms with Crippen LogP contribution in [0.2, 0.25) is 0 Å². The first-order valence-electron chi connectivity index (χ1n) is 6.04. The standard InChI is InChI=1S/C12H20N4/c1-8-9(2)14-12(15-11(8)16-13)10-6-4-3-5-7-10/h10H,3-7,13H2,1-2H3,(H,14,15,16). The van der Waals surface area contributed by atoms with Gasteiger partial charge in [-0.1, -0.05) is 19.3 Å². The van der Waals surface area contributed by atoms with E-state index >= 15 is 0 Å². The van der Waals surface area contributed by atoms with E-state index in [1.165, 1.54) is 32.1 Å². The van der Waals surface area contributed by atoms with Crippen LogP contribution in [0.1, 0.15) is 55.1 Å². The van der Waals surface area contributed by atoms with Crippen molar-refractivity contribution in [1.29, 1.82) is 0 Å². The summed E-state index contributed by atoms with van der Waals surface area (Å²) in [6.45, 7) is 4.01. The van der Waals surface area contributed by atoms with Gasteiger partial charge in [-0.3, -0.25) is 0 Å². The van der Waals surface area contributed by atoms with Crippen molar-refractivity contribution in [2.75, 3.05) is 5.43 Å². The van der Waals surface area contributed by atoms with Gasteiger partial charge in [-0.15, -0.1) is 0 Å². The van der Waals surface area contributed by atoms with Crippen molar-refractivity contribution in [3.63, 3.8) is 0 Å². The lowest BCUT2D eigenvalue weighted by Gasteiger charge is -2.21. The minimum atomic E-state index is 0.528. The van der Waals surface area contributed by atoms with Crippen molar-refractivity contribution in [2.24, 2.45) is 5.84 Å². The molecule has 0 spiro atoms. The smallest absolute Gasteiger partial charge is 0.146 e. The Hall–Kier alpha value is -1.16. The third kappa shape index (κ3) is 2.16. The molecule has 1 saturated carbocycles. The van der Waals surface area contributed by atoms with Gasteiger partial charge in [-0.25, -0.2) is 15.8 Å². The molecule has 2 rings (SSSR count). The average Bonchev–Trinajstić information content (AvgIpc) is 2.33. The second kappa shape index (κ2) is 4.78. The SMILES string of the molecule is Cc1nc(C2CCCCC2)nc(NN)c1C. The summed E-state index contributed by atoms with van der Waals surface area (Å²) in [7, 11) is 0. The van der Waals surface area contributed by atoms with Gasteiger partial charge >= 0.3 is 0 Å². The summed E-state index contributed by atoms with van der Waals surface area (Å²) >= 11 is 0. The molecule has 0 saturated heterocycles. The summed E-state index contributed by atoms with van der Waals surface area (Å²) in [6, 6.07) is 0. The number of rotatable bonds is 2. The largest absolute Gasteiger partial charge is 0.308 e. The molecule has 1 aromatic rings. The van der Waals surface area contributed by atoms with Crippen LogP contribution in [0.3, 0.4) is 0 Å². The fourth-order valence-electron chi connectivity index (χ4n) is 2.33. The predicted molar refractivity (Wildman–Crippen MR) is 65.1 cm³/mol. The number of aryl methyl sites for hydroxylation is 1. The Balaban J connectivity index is 2.29. The molecule has 3 N–H and O–H groups in total. The van der Waals surface area contributed by atoms with Gasteiger partial charge in [0, 0.05) is 17.2 Å². The Bertz CT molecular complexity index is 370. The first-order valence-corrected chi connectivity index (χ1v) is 6.04. The molecule has 0 bridgehead atoms. The zero-order valence-electron chi connectivity index (χ0n) is 10.1. The van der Waals surface area contributed by atoms with E-state index in [0.717, 1.165) is 22.9 Å². The van der Waals surface area contributed by atoms with Crippen LogP contribution < -0.4 is 11.3 Å². The molecule has 0 aromatic carbocycles. The number of nitrogen functional groups attached to an aromatic ring is 1. The number of nitrogens with zero attached hydrogens (tertiary/aromatic N) is 2.